The van der Waals surface area contributed by atoms with Crippen LogP contribution in [0.4, 0.5) is 16.9 Å². The van der Waals surface area contributed by atoms with Gasteiger partial charge in [-0.25, -0.2) is 28.3 Å². The van der Waals surface area contributed by atoms with E-state index in [4.69, 9.17) is 14.6 Å². The molecule has 0 fully saturated rings. The van der Waals surface area contributed by atoms with Crippen LogP contribution in [-0.2, 0) is 48.6 Å². The number of hydrogen-bond donors (Lipinski definition) is 3. The Hall–Kier alpha value is -4.15. The fourth-order valence-electron chi connectivity index (χ4n) is 4.00. The SMILES string of the molecule is CCOC(=O)c1sc(Nc2nc3c(c(NCc4ccc(S(N)(=O)=O)cc4)n2)CN(C(=O)COC(C)=O)CC3)nc1C. The van der Waals surface area contributed by atoms with Gasteiger partial charge >= 0.3 is 11.9 Å². The van der Waals surface area contributed by atoms with Crippen molar-refractivity contribution in [3.63, 3.8) is 0 Å². The van der Waals surface area contributed by atoms with E-state index in [0.29, 0.717) is 45.7 Å². The van der Waals surface area contributed by atoms with Crippen molar-refractivity contribution in [3.8, 4) is 0 Å². The van der Waals surface area contributed by atoms with Crippen molar-refractivity contribution in [2.24, 2.45) is 5.14 Å². The van der Waals surface area contributed by atoms with Crippen LogP contribution in [-0.4, -0.2) is 65.9 Å². The molecule has 1 aromatic carbocycles. The quantitative estimate of drug-likeness (QED) is 0.285. The number of primary sulfonamides is 1. The Kier molecular flexibility index (Phi) is 9.14. The number of aryl methyl sites for hydroxylation is 1. The molecule has 0 saturated heterocycles. The van der Waals surface area contributed by atoms with Gasteiger partial charge in [-0.05, 0) is 31.5 Å². The van der Waals surface area contributed by atoms with Crippen LogP contribution in [0, 0.1) is 6.92 Å². The molecule has 0 aliphatic carbocycles. The first-order valence-electron chi connectivity index (χ1n) is 12.5. The second kappa shape index (κ2) is 12.6. The standard InChI is InChI=1S/C25H29N7O7S2/c1-4-38-23(35)21-14(2)28-25(40-21)31-24-29-19-9-10-32(20(34)13-39-15(3)33)12-18(19)22(30-24)27-11-16-5-7-17(8-6-16)41(26,36)37/h5-8H,4,9-13H2,1-3H3,(H2,26,36,37)(H2,27,28,29,30,31). The number of thiazole rings is 1. The van der Waals surface area contributed by atoms with Crippen LogP contribution in [0.25, 0.3) is 0 Å². The zero-order valence-electron chi connectivity index (χ0n) is 22.6. The van der Waals surface area contributed by atoms with Gasteiger partial charge in [0, 0.05) is 32.0 Å². The molecule has 0 saturated carbocycles. The molecule has 1 aliphatic heterocycles. The molecule has 0 radical (unpaired) electrons. The average molecular weight is 604 g/mol. The van der Waals surface area contributed by atoms with Gasteiger partial charge in [-0.2, -0.15) is 4.98 Å². The van der Waals surface area contributed by atoms with Crippen LogP contribution in [0.2, 0.25) is 0 Å². The Balaban J connectivity index is 1.60. The Bertz CT molecular complexity index is 1570. The van der Waals surface area contributed by atoms with Gasteiger partial charge in [0.15, 0.2) is 11.7 Å². The lowest BCUT2D eigenvalue weighted by atomic mass is 10.1. The van der Waals surface area contributed by atoms with Crippen LogP contribution in [0.5, 0.6) is 0 Å². The second-order valence-corrected chi connectivity index (χ2v) is 11.5. The number of nitrogens with one attached hydrogen (secondary N) is 2. The van der Waals surface area contributed by atoms with E-state index in [1.165, 1.54) is 19.1 Å². The van der Waals surface area contributed by atoms with E-state index >= 15 is 0 Å². The number of carbonyl (C=O) groups excluding carboxylic acids is 3. The Morgan fingerprint density at radius 2 is 1.85 bits per heavy atom. The van der Waals surface area contributed by atoms with Gasteiger partial charge in [-0.1, -0.05) is 23.5 Å². The van der Waals surface area contributed by atoms with E-state index in [0.717, 1.165) is 16.9 Å². The first-order chi connectivity index (χ1) is 19.4. The summed E-state index contributed by atoms with van der Waals surface area (Å²) in [5.41, 5.74) is 2.65. The smallest absolute Gasteiger partial charge is 0.350 e. The first kappa shape index (κ1) is 29.8. The number of aromatic nitrogens is 3. The number of carbonyl (C=O) groups is 3. The molecule has 0 atom stereocenters. The minimum Gasteiger partial charge on any atom is -0.462 e. The van der Waals surface area contributed by atoms with E-state index in [-0.39, 0.29) is 43.1 Å². The molecule has 14 nitrogen and oxygen atoms in total. The van der Waals surface area contributed by atoms with E-state index in [2.05, 4.69) is 25.6 Å². The lowest BCUT2D eigenvalue weighted by Crippen LogP contribution is -2.39. The molecule has 16 heteroatoms. The third-order valence-electron chi connectivity index (χ3n) is 6.00. The average Bonchev–Trinajstić information content (AvgIpc) is 3.29. The molecule has 3 aromatic rings. The molecule has 2 aromatic heterocycles. The van der Waals surface area contributed by atoms with Crippen LogP contribution >= 0.6 is 11.3 Å². The normalized spacial score (nSPS) is 12.8. The third-order valence-corrected chi connectivity index (χ3v) is 7.98. The highest BCUT2D eigenvalue weighted by molar-refractivity contribution is 7.89. The number of hydrogen-bond acceptors (Lipinski definition) is 13. The molecule has 0 unspecified atom stereocenters. The maximum atomic E-state index is 12.6. The number of sulfonamides is 1. The molecule has 1 amide bonds. The predicted molar refractivity (Wildman–Crippen MR) is 149 cm³/mol. The lowest BCUT2D eigenvalue weighted by molar-refractivity contribution is -0.150. The maximum Gasteiger partial charge on any atom is 0.350 e. The fourth-order valence-corrected chi connectivity index (χ4v) is 5.37. The zero-order valence-corrected chi connectivity index (χ0v) is 24.2. The number of rotatable bonds is 10. The summed E-state index contributed by atoms with van der Waals surface area (Å²) in [6, 6.07) is 6.08. The van der Waals surface area contributed by atoms with Gasteiger partial charge in [0.2, 0.25) is 16.0 Å². The topological polar surface area (TPSA) is 196 Å². The van der Waals surface area contributed by atoms with Crippen molar-refractivity contribution in [2.45, 2.75) is 45.2 Å². The van der Waals surface area contributed by atoms with Gasteiger partial charge < -0.3 is 19.7 Å². The van der Waals surface area contributed by atoms with Crippen LogP contribution in [0.3, 0.4) is 0 Å². The number of nitrogens with two attached hydrogens (primary N) is 1. The summed E-state index contributed by atoms with van der Waals surface area (Å²) in [4.78, 5) is 51.6. The molecular formula is C25H29N7O7S2. The van der Waals surface area contributed by atoms with E-state index in [9.17, 15) is 22.8 Å². The van der Waals surface area contributed by atoms with E-state index in [1.54, 1.807) is 30.9 Å². The second-order valence-electron chi connectivity index (χ2n) is 8.99. The fraction of sp³-hybridized carbons (Fsp3) is 0.360. The highest BCUT2D eigenvalue weighted by Crippen LogP contribution is 2.29. The van der Waals surface area contributed by atoms with Crippen molar-refractivity contribution in [3.05, 3.63) is 51.7 Å². The molecule has 4 N–H and O–H groups in total. The van der Waals surface area contributed by atoms with Gasteiger partial charge in [0.05, 0.1) is 29.4 Å². The monoisotopic (exact) mass is 603 g/mol. The highest BCUT2D eigenvalue weighted by atomic mass is 32.2. The van der Waals surface area contributed by atoms with Crippen molar-refractivity contribution >= 4 is 56.1 Å². The minimum absolute atomic E-state index is 0.00462. The molecule has 41 heavy (non-hydrogen) atoms. The predicted octanol–water partition coefficient (Wildman–Crippen LogP) is 1.87. The molecule has 4 rings (SSSR count). The summed E-state index contributed by atoms with van der Waals surface area (Å²) >= 11 is 1.12. The number of nitrogens with zero attached hydrogens (tertiary/aromatic N) is 4. The van der Waals surface area contributed by atoms with Crippen molar-refractivity contribution in [1.29, 1.82) is 0 Å². The highest BCUT2D eigenvalue weighted by Gasteiger charge is 2.27. The van der Waals surface area contributed by atoms with Crippen molar-refractivity contribution < 1.29 is 32.3 Å². The van der Waals surface area contributed by atoms with Gasteiger partial charge in [0.25, 0.3) is 5.91 Å². The largest absolute Gasteiger partial charge is 0.462 e. The Morgan fingerprint density at radius 3 is 2.51 bits per heavy atom. The van der Waals surface area contributed by atoms with Crippen LogP contribution < -0.4 is 15.8 Å². The summed E-state index contributed by atoms with van der Waals surface area (Å²) in [6.07, 6.45) is 0.418. The summed E-state index contributed by atoms with van der Waals surface area (Å²) < 4.78 is 33.1. The Labute approximate surface area is 240 Å². The minimum atomic E-state index is -3.82. The number of benzene rings is 1. The summed E-state index contributed by atoms with van der Waals surface area (Å²) in [5.74, 6) is -0.677. The number of esters is 2. The van der Waals surface area contributed by atoms with Crippen LogP contribution in [0.15, 0.2) is 29.2 Å². The number of ether oxygens (including phenoxy) is 2. The summed E-state index contributed by atoms with van der Waals surface area (Å²) in [5, 5.41) is 11.9. The number of anilines is 3. The van der Waals surface area contributed by atoms with E-state index < -0.39 is 22.0 Å². The number of fused-ring (bicyclic) bond motifs is 1. The maximum absolute atomic E-state index is 12.6. The first-order valence-corrected chi connectivity index (χ1v) is 14.9. The molecule has 1 aliphatic rings. The van der Waals surface area contributed by atoms with Crippen molar-refractivity contribution in [2.75, 3.05) is 30.4 Å². The summed E-state index contributed by atoms with van der Waals surface area (Å²) in [6.45, 7) is 5.37. The molecule has 0 bridgehead atoms. The van der Waals surface area contributed by atoms with E-state index in [1.807, 2.05) is 0 Å². The molecule has 3 heterocycles. The number of amides is 1. The molecule has 218 valence electrons. The van der Waals surface area contributed by atoms with Gasteiger partial charge in [-0.3, -0.25) is 14.9 Å². The molecular weight excluding hydrogens is 574 g/mol. The van der Waals surface area contributed by atoms with Crippen molar-refractivity contribution in [1.82, 2.24) is 19.9 Å². The molecule has 0 spiro atoms. The lowest BCUT2D eigenvalue weighted by Gasteiger charge is -2.29. The zero-order chi connectivity index (χ0) is 29.7. The third kappa shape index (κ3) is 7.53. The van der Waals surface area contributed by atoms with Gasteiger partial charge in [0.1, 0.15) is 10.7 Å². The Morgan fingerprint density at radius 1 is 1.12 bits per heavy atom. The summed E-state index contributed by atoms with van der Waals surface area (Å²) in [7, 11) is -3.82. The van der Waals surface area contributed by atoms with Gasteiger partial charge in [-0.15, -0.1) is 0 Å². The van der Waals surface area contributed by atoms with Crippen LogP contribution in [0.1, 0.15) is 46.0 Å².